The van der Waals surface area contributed by atoms with Crippen LogP contribution in [-0.2, 0) is 6.54 Å². The molecule has 1 aromatic heterocycles. The van der Waals surface area contributed by atoms with E-state index in [0.29, 0.717) is 5.92 Å². The summed E-state index contributed by atoms with van der Waals surface area (Å²) in [6.45, 7) is 2.86. The van der Waals surface area contributed by atoms with E-state index in [9.17, 15) is 0 Å². The monoisotopic (exact) mass is 273 g/mol. The predicted molar refractivity (Wildman–Crippen MR) is 81.6 cm³/mol. The third-order valence-corrected chi connectivity index (χ3v) is 4.89. The van der Waals surface area contributed by atoms with Gasteiger partial charge in [-0.3, -0.25) is 0 Å². The van der Waals surface area contributed by atoms with Gasteiger partial charge in [-0.25, -0.2) is 4.98 Å². The Balaban J connectivity index is 1.89. The van der Waals surface area contributed by atoms with Gasteiger partial charge in [0.2, 0.25) is 0 Å². The number of nitrogens with zero attached hydrogens (tertiary/aromatic N) is 2. The summed E-state index contributed by atoms with van der Waals surface area (Å²) in [6, 6.07) is 10.4. The van der Waals surface area contributed by atoms with Gasteiger partial charge in [0, 0.05) is 11.7 Å². The molecule has 100 valence electrons. The Morgan fingerprint density at radius 2 is 2.16 bits per heavy atom. The molecule has 1 unspecified atom stereocenters. The summed E-state index contributed by atoms with van der Waals surface area (Å²) >= 11 is 2.00. The number of aryl methyl sites for hydroxylation is 1. The van der Waals surface area contributed by atoms with Gasteiger partial charge in [-0.1, -0.05) is 30.3 Å². The number of nitrogen functional groups attached to an aromatic ring is 1. The number of hydrogen-bond donors (Lipinski definition) is 1. The quantitative estimate of drug-likeness (QED) is 0.934. The van der Waals surface area contributed by atoms with Crippen molar-refractivity contribution >= 4 is 17.6 Å². The molecule has 19 heavy (non-hydrogen) atoms. The predicted octanol–water partition coefficient (Wildman–Crippen LogP) is 3.04. The van der Waals surface area contributed by atoms with Gasteiger partial charge in [-0.05, 0) is 24.7 Å². The van der Waals surface area contributed by atoms with Gasteiger partial charge in [0.25, 0.3) is 0 Å². The number of aromatic nitrogens is 2. The third kappa shape index (κ3) is 2.50. The van der Waals surface area contributed by atoms with Crippen LogP contribution in [0.25, 0.3) is 0 Å². The standard InChI is InChI=1S/C15H19N3S/c1-11-17-14(13-7-8-19-10-13)15(16)18(11)9-12-5-3-2-4-6-12/h2-6,13H,7-10,16H2,1H3. The molecule has 0 radical (unpaired) electrons. The molecule has 2 heterocycles. The molecule has 1 atom stereocenters. The number of thioether (sulfide) groups is 1. The van der Waals surface area contributed by atoms with Crippen molar-refractivity contribution in [3.63, 3.8) is 0 Å². The highest BCUT2D eigenvalue weighted by molar-refractivity contribution is 7.99. The molecule has 2 N–H and O–H groups in total. The molecule has 1 aliphatic heterocycles. The first-order valence-electron chi connectivity index (χ1n) is 6.70. The fraction of sp³-hybridized carbons (Fsp3) is 0.400. The number of rotatable bonds is 3. The molecule has 1 saturated heterocycles. The van der Waals surface area contributed by atoms with Crippen molar-refractivity contribution in [2.75, 3.05) is 17.2 Å². The lowest BCUT2D eigenvalue weighted by Crippen LogP contribution is -2.08. The fourth-order valence-corrected chi connectivity index (χ4v) is 3.85. The Labute approximate surface area is 118 Å². The minimum atomic E-state index is 0.542. The molecule has 0 bridgehead atoms. The highest BCUT2D eigenvalue weighted by Crippen LogP contribution is 2.35. The minimum Gasteiger partial charge on any atom is -0.384 e. The van der Waals surface area contributed by atoms with Gasteiger partial charge in [-0.2, -0.15) is 11.8 Å². The number of anilines is 1. The number of hydrogen-bond acceptors (Lipinski definition) is 3. The highest BCUT2D eigenvalue weighted by Gasteiger charge is 2.24. The van der Waals surface area contributed by atoms with Gasteiger partial charge in [0.15, 0.2) is 0 Å². The average Bonchev–Trinajstić information content (AvgIpc) is 3.03. The number of benzene rings is 1. The fourth-order valence-electron chi connectivity index (χ4n) is 2.62. The second-order valence-electron chi connectivity index (χ2n) is 5.06. The van der Waals surface area contributed by atoms with Crippen LogP contribution in [0.3, 0.4) is 0 Å². The molecular weight excluding hydrogens is 254 g/mol. The molecule has 0 aliphatic carbocycles. The van der Waals surface area contributed by atoms with Gasteiger partial charge >= 0.3 is 0 Å². The summed E-state index contributed by atoms with van der Waals surface area (Å²) in [5.74, 6) is 4.81. The zero-order valence-electron chi connectivity index (χ0n) is 11.2. The van der Waals surface area contributed by atoms with Crippen molar-refractivity contribution in [3.05, 3.63) is 47.4 Å². The minimum absolute atomic E-state index is 0.542. The van der Waals surface area contributed by atoms with Crippen molar-refractivity contribution in [2.24, 2.45) is 0 Å². The lowest BCUT2D eigenvalue weighted by molar-refractivity contribution is 0.758. The summed E-state index contributed by atoms with van der Waals surface area (Å²) in [6.07, 6.45) is 1.21. The van der Waals surface area contributed by atoms with E-state index in [1.165, 1.54) is 17.7 Å². The Morgan fingerprint density at radius 1 is 1.37 bits per heavy atom. The first-order chi connectivity index (χ1) is 9.25. The van der Waals surface area contributed by atoms with Crippen molar-refractivity contribution in [3.8, 4) is 0 Å². The maximum absolute atomic E-state index is 6.32. The molecule has 0 amide bonds. The molecule has 0 spiro atoms. The van der Waals surface area contributed by atoms with Crippen LogP contribution in [0.4, 0.5) is 5.82 Å². The first-order valence-corrected chi connectivity index (χ1v) is 7.85. The average molecular weight is 273 g/mol. The number of imidazole rings is 1. The summed E-state index contributed by atoms with van der Waals surface area (Å²) in [7, 11) is 0. The van der Waals surface area contributed by atoms with Crippen LogP contribution >= 0.6 is 11.8 Å². The largest absolute Gasteiger partial charge is 0.384 e. The van der Waals surface area contributed by atoms with E-state index < -0.39 is 0 Å². The van der Waals surface area contributed by atoms with Crippen LogP contribution in [-0.4, -0.2) is 21.1 Å². The normalized spacial score (nSPS) is 18.9. The highest BCUT2D eigenvalue weighted by atomic mass is 32.2. The van der Waals surface area contributed by atoms with Crippen molar-refractivity contribution in [2.45, 2.75) is 25.8 Å². The molecule has 1 aliphatic rings. The van der Waals surface area contributed by atoms with Crippen LogP contribution in [0.15, 0.2) is 30.3 Å². The maximum atomic E-state index is 6.32. The van der Waals surface area contributed by atoms with Crippen LogP contribution in [0, 0.1) is 6.92 Å². The van der Waals surface area contributed by atoms with Crippen LogP contribution in [0.1, 0.15) is 29.4 Å². The van der Waals surface area contributed by atoms with Crippen molar-refractivity contribution < 1.29 is 0 Å². The van der Waals surface area contributed by atoms with Gasteiger partial charge in [0.05, 0.1) is 12.2 Å². The second kappa shape index (κ2) is 5.29. The maximum Gasteiger partial charge on any atom is 0.127 e. The molecule has 3 nitrogen and oxygen atoms in total. The number of nitrogens with two attached hydrogens (primary N) is 1. The Kier molecular flexibility index (Phi) is 3.51. The Hall–Kier alpha value is -1.42. The van der Waals surface area contributed by atoms with E-state index in [4.69, 9.17) is 10.7 Å². The summed E-state index contributed by atoms with van der Waals surface area (Å²) < 4.78 is 2.13. The molecule has 1 aromatic carbocycles. The van der Waals surface area contributed by atoms with Crippen LogP contribution in [0.5, 0.6) is 0 Å². The topological polar surface area (TPSA) is 43.8 Å². The smallest absolute Gasteiger partial charge is 0.127 e. The molecule has 0 saturated carbocycles. The molecular formula is C15H19N3S. The molecule has 2 aromatic rings. The van der Waals surface area contributed by atoms with E-state index in [2.05, 4.69) is 28.8 Å². The molecule has 4 heteroatoms. The van der Waals surface area contributed by atoms with Crippen LogP contribution < -0.4 is 5.73 Å². The van der Waals surface area contributed by atoms with E-state index in [0.717, 1.165) is 29.6 Å². The Bertz CT molecular complexity index is 556. The van der Waals surface area contributed by atoms with E-state index in [-0.39, 0.29) is 0 Å². The first kappa shape index (κ1) is 12.6. The molecule has 1 fully saturated rings. The summed E-state index contributed by atoms with van der Waals surface area (Å²) in [5.41, 5.74) is 8.70. The Morgan fingerprint density at radius 3 is 2.84 bits per heavy atom. The lowest BCUT2D eigenvalue weighted by atomic mass is 10.1. The van der Waals surface area contributed by atoms with Gasteiger partial charge < -0.3 is 10.3 Å². The van der Waals surface area contributed by atoms with Crippen molar-refractivity contribution in [1.29, 1.82) is 0 Å². The molecule has 3 rings (SSSR count). The SMILES string of the molecule is Cc1nc(C2CCSC2)c(N)n1Cc1ccccc1. The zero-order chi connectivity index (χ0) is 13.2. The zero-order valence-corrected chi connectivity index (χ0v) is 12.0. The van der Waals surface area contributed by atoms with Gasteiger partial charge in [-0.15, -0.1) is 0 Å². The van der Waals surface area contributed by atoms with E-state index >= 15 is 0 Å². The third-order valence-electron chi connectivity index (χ3n) is 3.73. The van der Waals surface area contributed by atoms with Gasteiger partial charge in [0.1, 0.15) is 11.6 Å². The lowest BCUT2D eigenvalue weighted by Gasteiger charge is -2.09. The summed E-state index contributed by atoms with van der Waals surface area (Å²) in [5, 5.41) is 0. The van der Waals surface area contributed by atoms with E-state index in [1.807, 2.05) is 24.8 Å². The summed E-state index contributed by atoms with van der Waals surface area (Å²) in [4.78, 5) is 4.71. The van der Waals surface area contributed by atoms with Crippen LogP contribution in [0.2, 0.25) is 0 Å². The second-order valence-corrected chi connectivity index (χ2v) is 6.21. The van der Waals surface area contributed by atoms with Crippen molar-refractivity contribution in [1.82, 2.24) is 9.55 Å². The van der Waals surface area contributed by atoms with E-state index in [1.54, 1.807) is 0 Å².